The van der Waals surface area contributed by atoms with Crippen LogP contribution >= 0.6 is 0 Å². The van der Waals surface area contributed by atoms with Crippen LogP contribution in [-0.4, -0.2) is 36.1 Å². The quantitative estimate of drug-likeness (QED) is 0.477. The van der Waals surface area contributed by atoms with E-state index in [1.165, 1.54) is 6.07 Å². The lowest BCUT2D eigenvalue weighted by Crippen LogP contribution is -2.34. The molecule has 0 saturated carbocycles. The lowest BCUT2D eigenvalue weighted by atomic mass is 10.1. The predicted molar refractivity (Wildman–Crippen MR) is 103 cm³/mol. The third-order valence-corrected chi connectivity index (χ3v) is 5.12. The first-order valence-corrected chi connectivity index (χ1v) is 9.09. The van der Waals surface area contributed by atoms with Crippen LogP contribution in [0, 0.1) is 17.0 Å². The van der Waals surface area contributed by atoms with Crippen LogP contribution in [0.4, 0.5) is 8.78 Å². The fraction of sp³-hybridized carbons (Fsp3) is 0.300. The van der Waals surface area contributed by atoms with Gasteiger partial charge < -0.3 is 20.4 Å². The number of aromatic nitrogens is 1. The largest absolute Gasteiger partial charge is 0.381 e. The molecular weight excluding hydrogens is 366 g/mol. The monoisotopic (exact) mass is 386 g/mol. The van der Waals surface area contributed by atoms with Crippen LogP contribution in [0.3, 0.4) is 0 Å². The maximum atomic E-state index is 15.1. The van der Waals surface area contributed by atoms with E-state index in [-0.39, 0.29) is 34.8 Å². The third kappa shape index (κ3) is 3.04. The summed E-state index contributed by atoms with van der Waals surface area (Å²) in [7, 11) is 0. The molecule has 0 atom stereocenters. The number of carbonyl (C=O) groups is 1. The van der Waals surface area contributed by atoms with Crippen molar-refractivity contribution in [2.75, 3.05) is 19.8 Å². The number of rotatable bonds is 3. The number of amides is 1. The Morgan fingerprint density at radius 1 is 1.18 bits per heavy atom. The zero-order valence-corrected chi connectivity index (χ0v) is 15.1. The number of ether oxygens (including phenoxy) is 1. The molecule has 2 aromatic carbocycles. The van der Waals surface area contributed by atoms with Crippen molar-refractivity contribution in [2.45, 2.75) is 18.9 Å². The van der Waals surface area contributed by atoms with Crippen LogP contribution in [0.1, 0.15) is 29.2 Å². The van der Waals surface area contributed by atoms with Gasteiger partial charge in [0.1, 0.15) is 17.5 Å². The molecule has 2 heterocycles. The lowest BCUT2D eigenvalue weighted by molar-refractivity contribution is 0.0717. The van der Waals surface area contributed by atoms with Gasteiger partial charge in [0.05, 0.1) is 17.6 Å². The van der Waals surface area contributed by atoms with Crippen LogP contribution in [0.15, 0.2) is 30.3 Å². The van der Waals surface area contributed by atoms with E-state index in [0.29, 0.717) is 37.1 Å². The molecule has 0 radical (unpaired) electrons. The zero-order chi connectivity index (χ0) is 19.8. The summed E-state index contributed by atoms with van der Waals surface area (Å²) in [4.78, 5) is 12.4. The van der Waals surface area contributed by atoms with Crippen molar-refractivity contribution >= 4 is 33.5 Å². The van der Waals surface area contributed by atoms with Crippen molar-refractivity contribution in [2.24, 2.45) is 5.73 Å². The minimum atomic E-state index is -0.678. The van der Waals surface area contributed by atoms with E-state index in [0.717, 1.165) is 6.07 Å². The number of nitrogens with two attached hydrogens (primary N) is 1. The minimum absolute atomic E-state index is 0.00982. The van der Waals surface area contributed by atoms with Crippen LogP contribution in [-0.2, 0) is 4.74 Å². The Morgan fingerprint density at radius 3 is 2.61 bits per heavy atom. The first-order chi connectivity index (χ1) is 13.5. The van der Waals surface area contributed by atoms with Crippen molar-refractivity contribution in [3.63, 3.8) is 0 Å². The fourth-order valence-corrected chi connectivity index (χ4v) is 3.85. The van der Waals surface area contributed by atoms with E-state index < -0.39 is 17.5 Å². The molecule has 1 fully saturated rings. The molecule has 0 aliphatic carbocycles. The summed E-state index contributed by atoms with van der Waals surface area (Å²) in [5.74, 6) is -1.97. The van der Waals surface area contributed by atoms with Gasteiger partial charge in [-0.15, -0.1) is 0 Å². The third-order valence-electron chi connectivity index (χ3n) is 5.12. The molecule has 4 rings (SSSR count). The second-order valence-corrected chi connectivity index (χ2v) is 6.84. The average molecular weight is 386 g/mol. The molecule has 8 heteroatoms. The molecule has 1 aliphatic heterocycles. The van der Waals surface area contributed by atoms with Crippen LogP contribution < -0.4 is 11.1 Å². The fourth-order valence-electron chi connectivity index (χ4n) is 3.85. The molecule has 146 valence electrons. The Kier molecular flexibility index (Phi) is 4.82. The average Bonchev–Trinajstić information content (AvgIpc) is 3.04. The van der Waals surface area contributed by atoms with E-state index in [1.54, 1.807) is 18.2 Å². The Balaban J connectivity index is 1.97. The van der Waals surface area contributed by atoms with E-state index in [9.17, 15) is 9.18 Å². The van der Waals surface area contributed by atoms with E-state index in [2.05, 4.69) is 5.32 Å². The summed E-state index contributed by atoms with van der Waals surface area (Å²) in [6, 6.07) is 7.29. The summed E-state index contributed by atoms with van der Waals surface area (Å²) in [6.07, 6.45) is 1.43. The summed E-state index contributed by atoms with van der Waals surface area (Å²) in [5, 5.41) is 10.2. The zero-order valence-electron chi connectivity index (χ0n) is 15.1. The summed E-state index contributed by atoms with van der Waals surface area (Å²) >= 11 is 0. The topological polar surface area (TPSA) is 93.1 Å². The maximum absolute atomic E-state index is 15.1. The van der Waals surface area contributed by atoms with Gasteiger partial charge in [0.15, 0.2) is 0 Å². The van der Waals surface area contributed by atoms with Gasteiger partial charge in [-0.2, -0.15) is 0 Å². The number of hydrogen-bond acceptors (Lipinski definition) is 4. The Morgan fingerprint density at radius 2 is 1.89 bits per heavy atom. The van der Waals surface area contributed by atoms with Crippen molar-refractivity contribution in [1.82, 2.24) is 9.88 Å². The molecule has 28 heavy (non-hydrogen) atoms. The Labute approximate surface area is 159 Å². The SMILES string of the molecule is N=C(CN)NC(=O)c1cc(F)c2c3c(F)cccc3n(C3CCOCC3)c2c1. The molecule has 6 nitrogen and oxygen atoms in total. The highest BCUT2D eigenvalue weighted by Gasteiger charge is 2.25. The highest BCUT2D eigenvalue weighted by molar-refractivity contribution is 6.12. The normalized spacial score (nSPS) is 15.2. The first-order valence-electron chi connectivity index (χ1n) is 9.09. The molecule has 3 aromatic rings. The molecule has 4 N–H and O–H groups in total. The standard InChI is InChI=1S/C20H20F2N4O2/c21-13-2-1-3-15-18(13)19-14(22)8-11(20(27)25-17(24)10-23)9-16(19)26(15)12-4-6-28-7-5-12/h1-3,8-9,12H,4-7,10,23H2,(H2,24,25,27). The highest BCUT2D eigenvalue weighted by atomic mass is 19.1. The number of nitrogens with zero attached hydrogens (tertiary/aromatic N) is 1. The smallest absolute Gasteiger partial charge is 0.256 e. The van der Waals surface area contributed by atoms with E-state index in [1.807, 2.05) is 4.57 Å². The molecular formula is C20H20F2N4O2. The molecule has 1 aromatic heterocycles. The molecule has 1 amide bonds. The van der Waals surface area contributed by atoms with Gasteiger partial charge in [0.2, 0.25) is 0 Å². The molecule has 1 saturated heterocycles. The molecule has 0 unspecified atom stereocenters. The van der Waals surface area contributed by atoms with Gasteiger partial charge in [-0.25, -0.2) is 8.78 Å². The second-order valence-electron chi connectivity index (χ2n) is 6.84. The van der Waals surface area contributed by atoms with Crippen LogP contribution in [0.2, 0.25) is 0 Å². The van der Waals surface area contributed by atoms with E-state index in [4.69, 9.17) is 15.9 Å². The number of amidine groups is 1. The maximum Gasteiger partial charge on any atom is 0.256 e. The summed E-state index contributed by atoms with van der Waals surface area (Å²) in [5.41, 5.74) is 6.44. The van der Waals surface area contributed by atoms with Gasteiger partial charge in [-0.1, -0.05) is 6.07 Å². The first kappa shape index (κ1) is 18.5. The number of benzene rings is 2. The van der Waals surface area contributed by atoms with Gasteiger partial charge in [-0.3, -0.25) is 10.2 Å². The van der Waals surface area contributed by atoms with Crippen LogP contribution in [0.25, 0.3) is 21.8 Å². The van der Waals surface area contributed by atoms with Gasteiger partial charge >= 0.3 is 0 Å². The molecule has 0 bridgehead atoms. The minimum Gasteiger partial charge on any atom is -0.381 e. The van der Waals surface area contributed by atoms with Gasteiger partial charge in [0, 0.05) is 35.6 Å². The molecule has 0 spiro atoms. The van der Waals surface area contributed by atoms with Gasteiger partial charge in [0.25, 0.3) is 5.91 Å². The van der Waals surface area contributed by atoms with Crippen molar-refractivity contribution in [1.29, 1.82) is 5.41 Å². The number of carbonyl (C=O) groups excluding carboxylic acids is 1. The lowest BCUT2D eigenvalue weighted by Gasteiger charge is -2.25. The van der Waals surface area contributed by atoms with Crippen molar-refractivity contribution < 1.29 is 18.3 Å². The van der Waals surface area contributed by atoms with Gasteiger partial charge in [-0.05, 0) is 37.1 Å². The second kappa shape index (κ2) is 7.29. The van der Waals surface area contributed by atoms with Crippen molar-refractivity contribution in [3.05, 3.63) is 47.5 Å². The number of nitrogens with one attached hydrogen (secondary N) is 2. The van der Waals surface area contributed by atoms with Crippen molar-refractivity contribution in [3.8, 4) is 0 Å². The Hall–Kier alpha value is -2.84. The Bertz CT molecular complexity index is 1090. The highest BCUT2D eigenvalue weighted by Crippen LogP contribution is 2.38. The van der Waals surface area contributed by atoms with E-state index >= 15 is 4.39 Å². The van der Waals surface area contributed by atoms with Crippen LogP contribution in [0.5, 0.6) is 0 Å². The predicted octanol–water partition coefficient (Wildman–Crippen LogP) is 3.09. The number of hydrogen-bond donors (Lipinski definition) is 3. The number of halogens is 2. The number of fused-ring (bicyclic) bond motifs is 3. The summed E-state index contributed by atoms with van der Waals surface area (Å²) < 4.78 is 37.0. The molecule has 1 aliphatic rings. The summed E-state index contributed by atoms with van der Waals surface area (Å²) in [6.45, 7) is 0.999.